The monoisotopic (exact) mass is 326 g/mol. The molecule has 1 atom stereocenters. The Balaban J connectivity index is 2.52. The van der Waals surface area contributed by atoms with Crippen molar-refractivity contribution in [2.45, 2.75) is 44.4 Å². The van der Waals surface area contributed by atoms with Crippen LogP contribution in [0.25, 0.3) is 0 Å². The normalized spacial score (nSPS) is 32.9. The highest BCUT2D eigenvalue weighted by Crippen LogP contribution is 2.71. The van der Waals surface area contributed by atoms with E-state index in [1.54, 1.807) is 0 Å². The SMILES string of the molecule is COC(=O)[C@]1(C(F)(F)F)CSC2(O1)C(C)(C)C(=O)C2(C)C. The van der Waals surface area contributed by atoms with Gasteiger partial charge in [0.15, 0.2) is 5.78 Å². The molecular weight excluding hydrogens is 309 g/mol. The highest BCUT2D eigenvalue weighted by Gasteiger charge is 2.82. The van der Waals surface area contributed by atoms with Gasteiger partial charge in [-0.3, -0.25) is 4.79 Å². The van der Waals surface area contributed by atoms with Crippen molar-refractivity contribution in [3.63, 3.8) is 0 Å². The third-order valence-electron chi connectivity index (χ3n) is 4.55. The zero-order chi connectivity index (χ0) is 16.5. The Kier molecular flexibility index (Phi) is 3.29. The molecule has 2 fully saturated rings. The Bertz CT molecular complexity index is 494. The average Bonchev–Trinajstić information content (AvgIpc) is 2.80. The molecule has 1 saturated carbocycles. The second-order valence-corrected chi connectivity index (χ2v) is 7.56. The number of thioether (sulfide) groups is 1. The molecule has 2 rings (SSSR count). The van der Waals surface area contributed by atoms with Gasteiger partial charge in [0, 0.05) is 5.75 Å². The van der Waals surface area contributed by atoms with E-state index in [0.717, 1.165) is 18.9 Å². The summed E-state index contributed by atoms with van der Waals surface area (Å²) in [6, 6.07) is 0. The van der Waals surface area contributed by atoms with Crippen molar-refractivity contribution < 1.29 is 32.2 Å². The van der Waals surface area contributed by atoms with E-state index in [0.29, 0.717) is 0 Å². The van der Waals surface area contributed by atoms with Gasteiger partial charge < -0.3 is 9.47 Å². The standard InChI is InChI=1S/C13H17F3O4S/c1-9(2)7(17)10(3,4)12(9)20-11(6-21-12,8(18)19-5)13(14,15)16/h6H2,1-5H3/t11-/m0/s1. The van der Waals surface area contributed by atoms with Crippen molar-refractivity contribution in [2.75, 3.05) is 12.9 Å². The number of halogens is 3. The summed E-state index contributed by atoms with van der Waals surface area (Å²) in [5.41, 5.74) is -5.24. The molecule has 0 unspecified atom stereocenters. The second kappa shape index (κ2) is 4.16. The van der Waals surface area contributed by atoms with Gasteiger partial charge in [-0.15, -0.1) is 11.8 Å². The van der Waals surface area contributed by atoms with Gasteiger partial charge in [0.25, 0.3) is 5.60 Å². The molecule has 8 heteroatoms. The number of hydrogen-bond acceptors (Lipinski definition) is 5. The zero-order valence-electron chi connectivity index (χ0n) is 12.4. The number of rotatable bonds is 1. The highest BCUT2D eigenvalue weighted by atomic mass is 32.2. The molecule has 0 aromatic rings. The number of methoxy groups -OCH3 is 1. The molecule has 0 N–H and O–H groups in total. The lowest BCUT2D eigenvalue weighted by atomic mass is 9.51. The van der Waals surface area contributed by atoms with Crippen molar-refractivity contribution in [2.24, 2.45) is 10.8 Å². The van der Waals surface area contributed by atoms with Crippen LogP contribution in [-0.4, -0.2) is 41.3 Å². The largest absolute Gasteiger partial charge is 0.467 e. The van der Waals surface area contributed by atoms with E-state index in [2.05, 4.69) is 4.74 Å². The van der Waals surface area contributed by atoms with Crippen molar-refractivity contribution in [1.82, 2.24) is 0 Å². The Morgan fingerprint density at radius 1 is 1.24 bits per heavy atom. The summed E-state index contributed by atoms with van der Waals surface area (Å²) in [4.78, 5) is 22.5. The summed E-state index contributed by atoms with van der Waals surface area (Å²) in [5.74, 6) is -2.29. The maximum atomic E-state index is 13.4. The Labute approximate surface area is 124 Å². The van der Waals surface area contributed by atoms with Crippen LogP contribution in [-0.2, 0) is 19.1 Å². The Morgan fingerprint density at radius 3 is 2.10 bits per heavy atom. The summed E-state index contributed by atoms with van der Waals surface area (Å²) >= 11 is 0.863. The van der Waals surface area contributed by atoms with Crippen LogP contribution < -0.4 is 0 Å². The van der Waals surface area contributed by atoms with E-state index in [4.69, 9.17) is 4.74 Å². The van der Waals surface area contributed by atoms with Crippen LogP contribution in [0.2, 0.25) is 0 Å². The molecule has 2 aliphatic rings. The van der Waals surface area contributed by atoms with Crippen LogP contribution in [0.15, 0.2) is 0 Å². The van der Waals surface area contributed by atoms with Crippen molar-refractivity contribution >= 4 is 23.5 Å². The lowest BCUT2D eigenvalue weighted by Crippen LogP contribution is -2.74. The molecule has 0 aromatic carbocycles. The van der Waals surface area contributed by atoms with E-state index >= 15 is 0 Å². The minimum absolute atomic E-state index is 0.189. The van der Waals surface area contributed by atoms with Crippen LogP contribution in [0.1, 0.15) is 27.7 Å². The number of carbonyl (C=O) groups excluding carboxylic acids is 2. The topological polar surface area (TPSA) is 52.6 Å². The number of carbonyl (C=O) groups is 2. The fraction of sp³-hybridized carbons (Fsp3) is 0.846. The number of hydrogen-bond donors (Lipinski definition) is 0. The predicted molar refractivity (Wildman–Crippen MR) is 69.6 cm³/mol. The third-order valence-corrected chi connectivity index (χ3v) is 6.61. The number of Topliss-reactive ketones (excluding diaryl/α,β-unsaturated/α-hetero) is 1. The van der Waals surface area contributed by atoms with Crippen molar-refractivity contribution in [3.8, 4) is 0 Å². The summed E-state index contributed by atoms with van der Waals surface area (Å²) in [6.07, 6.45) is -4.92. The molecular formula is C13H17F3O4S. The number of ketones is 1. The molecule has 0 amide bonds. The summed E-state index contributed by atoms with van der Waals surface area (Å²) in [6.45, 7) is 6.16. The molecule has 0 aromatic heterocycles. The van der Waals surface area contributed by atoms with E-state index in [1.165, 1.54) is 27.7 Å². The predicted octanol–water partition coefficient (Wildman–Crippen LogP) is 2.56. The first-order valence-corrected chi connectivity index (χ1v) is 7.33. The number of esters is 1. The van der Waals surface area contributed by atoms with Gasteiger partial charge in [0.2, 0.25) is 0 Å². The van der Waals surface area contributed by atoms with E-state index in [1.807, 2.05) is 0 Å². The van der Waals surface area contributed by atoms with Crippen molar-refractivity contribution in [3.05, 3.63) is 0 Å². The summed E-state index contributed by atoms with van der Waals surface area (Å²) < 4.78 is 49.9. The smallest absolute Gasteiger partial charge is 0.429 e. The molecule has 1 saturated heterocycles. The van der Waals surface area contributed by atoms with E-state index < -0.39 is 39.3 Å². The van der Waals surface area contributed by atoms with Gasteiger partial charge in [-0.1, -0.05) is 0 Å². The lowest BCUT2D eigenvalue weighted by Gasteiger charge is -2.62. The fourth-order valence-electron chi connectivity index (χ4n) is 3.44. The second-order valence-electron chi connectivity index (χ2n) is 6.40. The van der Waals surface area contributed by atoms with Crippen LogP contribution >= 0.6 is 11.8 Å². The van der Waals surface area contributed by atoms with Crippen LogP contribution in [0.4, 0.5) is 13.2 Å². The van der Waals surface area contributed by atoms with Crippen LogP contribution in [0, 0.1) is 10.8 Å². The maximum absolute atomic E-state index is 13.4. The fourth-order valence-corrected chi connectivity index (χ4v) is 5.30. The first-order chi connectivity index (χ1) is 9.30. The molecule has 21 heavy (non-hydrogen) atoms. The molecule has 0 bridgehead atoms. The molecule has 4 nitrogen and oxygen atoms in total. The first kappa shape index (κ1) is 16.6. The van der Waals surface area contributed by atoms with Gasteiger partial charge in [-0.05, 0) is 27.7 Å². The average molecular weight is 326 g/mol. The van der Waals surface area contributed by atoms with Crippen molar-refractivity contribution in [1.29, 1.82) is 0 Å². The Hall–Kier alpha value is -0.760. The zero-order valence-corrected chi connectivity index (χ0v) is 13.2. The van der Waals surface area contributed by atoms with Crippen LogP contribution in [0.3, 0.4) is 0 Å². The molecule has 1 aliphatic carbocycles. The molecule has 120 valence electrons. The van der Waals surface area contributed by atoms with Gasteiger partial charge in [-0.2, -0.15) is 13.2 Å². The van der Waals surface area contributed by atoms with Gasteiger partial charge in [0.1, 0.15) is 4.93 Å². The number of alkyl halides is 3. The molecule has 0 radical (unpaired) electrons. The minimum Gasteiger partial charge on any atom is -0.467 e. The molecule has 1 aliphatic heterocycles. The Morgan fingerprint density at radius 2 is 1.71 bits per heavy atom. The molecule has 1 spiro atoms. The van der Waals surface area contributed by atoms with E-state index in [9.17, 15) is 22.8 Å². The minimum atomic E-state index is -4.92. The van der Waals surface area contributed by atoms with Gasteiger partial charge in [-0.25, -0.2) is 4.79 Å². The van der Waals surface area contributed by atoms with Gasteiger partial charge >= 0.3 is 12.1 Å². The number of ether oxygens (including phenoxy) is 2. The maximum Gasteiger partial charge on any atom is 0.429 e. The summed E-state index contributed by atoms with van der Waals surface area (Å²) in [7, 11) is 0.886. The van der Waals surface area contributed by atoms with Gasteiger partial charge in [0.05, 0.1) is 17.9 Å². The third kappa shape index (κ3) is 1.63. The highest BCUT2D eigenvalue weighted by molar-refractivity contribution is 8.01. The molecule has 1 heterocycles. The van der Waals surface area contributed by atoms with E-state index in [-0.39, 0.29) is 5.78 Å². The quantitative estimate of drug-likeness (QED) is 0.693. The van der Waals surface area contributed by atoms with Crippen LogP contribution in [0.5, 0.6) is 0 Å². The first-order valence-electron chi connectivity index (χ1n) is 6.34. The lowest BCUT2D eigenvalue weighted by molar-refractivity contribution is -0.308. The summed E-state index contributed by atoms with van der Waals surface area (Å²) in [5, 5.41) is 0.